The first-order chi connectivity index (χ1) is 9.54. The van der Waals surface area contributed by atoms with E-state index in [1.807, 2.05) is 0 Å². The van der Waals surface area contributed by atoms with Crippen LogP contribution in [0.1, 0.15) is 5.56 Å². The Labute approximate surface area is 129 Å². The van der Waals surface area contributed by atoms with Gasteiger partial charge in [-0.2, -0.15) is 0 Å². The van der Waals surface area contributed by atoms with E-state index < -0.39 is 0 Å². The molecule has 5 heteroatoms. The van der Waals surface area contributed by atoms with Gasteiger partial charge in [0.25, 0.3) is 0 Å². The SMILES string of the molecule is O=C(COc1cc(Br)ccc1Cl)Cc1ccc(F)cc1. The minimum absolute atomic E-state index is 0.0758. The molecule has 0 atom stereocenters. The molecular weight excluding hydrogens is 347 g/mol. The molecule has 0 saturated heterocycles. The first-order valence-electron chi connectivity index (χ1n) is 5.88. The Morgan fingerprint density at radius 1 is 1.20 bits per heavy atom. The number of hydrogen-bond acceptors (Lipinski definition) is 2. The van der Waals surface area contributed by atoms with Crippen LogP contribution in [-0.4, -0.2) is 12.4 Å². The van der Waals surface area contributed by atoms with Crippen LogP contribution in [0.4, 0.5) is 4.39 Å². The highest BCUT2D eigenvalue weighted by atomic mass is 79.9. The molecule has 0 aliphatic heterocycles. The molecule has 2 aromatic carbocycles. The lowest BCUT2D eigenvalue weighted by atomic mass is 10.1. The molecule has 0 unspecified atom stereocenters. The van der Waals surface area contributed by atoms with Crippen molar-refractivity contribution in [2.24, 2.45) is 0 Å². The van der Waals surface area contributed by atoms with Gasteiger partial charge in [0.1, 0.15) is 18.2 Å². The predicted octanol–water partition coefficient (Wildman–Crippen LogP) is 4.43. The lowest BCUT2D eigenvalue weighted by molar-refractivity contribution is -0.120. The molecule has 0 heterocycles. The number of carbonyl (C=O) groups is 1. The molecule has 0 aliphatic carbocycles. The fourth-order valence-electron chi connectivity index (χ4n) is 1.63. The van der Waals surface area contributed by atoms with Gasteiger partial charge in [-0.25, -0.2) is 4.39 Å². The highest BCUT2D eigenvalue weighted by molar-refractivity contribution is 9.10. The highest BCUT2D eigenvalue weighted by Gasteiger charge is 2.08. The Bertz CT molecular complexity index is 614. The van der Waals surface area contributed by atoms with E-state index in [1.165, 1.54) is 12.1 Å². The molecule has 0 aliphatic rings. The topological polar surface area (TPSA) is 26.3 Å². The summed E-state index contributed by atoms with van der Waals surface area (Å²) in [4.78, 5) is 11.8. The normalized spacial score (nSPS) is 10.3. The van der Waals surface area contributed by atoms with Gasteiger partial charge in [0.15, 0.2) is 5.78 Å². The highest BCUT2D eigenvalue weighted by Crippen LogP contribution is 2.27. The third kappa shape index (κ3) is 4.32. The zero-order chi connectivity index (χ0) is 14.5. The van der Waals surface area contributed by atoms with Gasteiger partial charge in [-0.15, -0.1) is 0 Å². The van der Waals surface area contributed by atoms with E-state index in [-0.39, 0.29) is 24.6 Å². The van der Waals surface area contributed by atoms with Crippen LogP contribution in [-0.2, 0) is 11.2 Å². The van der Waals surface area contributed by atoms with Crippen molar-refractivity contribution >= 4 is 33.3 Å². The number of benzene rings is 2. The molecule has 0 spiro atoms. The zero-order valence-electron chi connectivity index (χ0n) is 10.4. The molecule has 104 valence electrons. The second kappa shape index (κ2) is 6.86. The van der Waals surface area contributed by atoms with E-state index in [4.69, 9.17) is 16.3 Å². The molecule has 0 N–H and O–H groups in total. The number of Topliss-reactive ketones (excluding diaryl/α,β-unsaturated/α-hetero) is 1. The molecular formula is C15H11BrClFO2. The summed E-state index contributed by atoms with van der Waals surface area (Å²) in [6.45, 7) is -0.0758. The second-order valence-electron chi connectivity index (χ2n) is 4.21. The largest absolute Gasteiger partial charge is 0.484 e. The van der Waals surface area contributed by atoms with Crippen molar-refractivity contribution in [1.82, 2.24) is 0 Å². The van der Waals surface area contributed by atoms with Gasteiger partial charge in [-0.05, 0) is 35.9 Å². The molecule has 0 radical (unpaired) electrons. The summed E-state index contributed by atoms with van der Waals surface area (Å²) in [7, 11) is 0. The van der Waals surface area contributed by atoms with Gasteiger partial charge >= 0.3 is 0 Å². The van der Waals surface area contributed by atoms with E-state index in [0.29, 0.717) is 10.8 Å². The van der Waals surface area contributed by atoms with Gasteiger partial charge in [-0.1, -0.05) is 39.7 Å². The van der Waals surface area contributed by atoms with Crippen molar-refractivity contribution in [3.63, 3.8) is 0 Å². The monoisotopic (exact) mass is 356 g/mol. The number of carbonyl (C=O) groups excluding carboxylic acids is 1. The average molecular weight is 358 g/mol. The second-order valence-corrected chi connectivity index (χ2v) is 5.53. The third-order valence-corrected chi connectivity index (χ3v) is 3.40. The quantitative estimate of drug-likeness (QED) is 0.791. The number of ether oxygens (including phenoxy) is 1. The summed E-state index contributed by atoms with van der Waals surface area (Å²) >= 11 is 9.26. The van der Waals surface area contributed by atoms with Crippen LogP contribution < -0.4 is 4.74 Å². The number of ketones is 1. The molecule has 2 nitrogen and oxygen atoms in total. The first-order valence-corrected chi connectivity index (χ1v) is 7.05. The molecule has 0 amide bonds. The fourth-order valence-corrected chi connectivity index (χ4v) is 2.14. The smallest absolute Gasteiger partial charge is 0.174 e. The molecule has 20 heavy (non-hydrogen) atoms. The Morgan fingerprint density at radius 2 is 1.90 bits per heavy atom. The van der Waals surface area contributed by atoms with E-state index in [9.17, 15) is 9.18 Å². The predicted molar refractivity (Wildman–Crippen MR) is 79.8 cm³/mol. The van der Waals surface area contributed by atoms with Crippen LogP contribution in [0.2, 0.25) is 5.02 Å². The molecule has 2 rings (SSSR count). The van der Waals surface area contributed by atoms with Crippen LogP contribution in [0, 0.1) is 5.82 Å². The van der Waals surface area contributed by atoms with Gasteiger partial charge < -0.3 is 4.74 Å². The average Bonchev–Trinajstić information content (AvgIpc) is 2.42. The van der Waals surface area contributed by atoms with E-state index in [2.05, 4.69) is 15.9 Å². The van der Waals surface area contributed by atoms with Gasteiger partial charge in [0, 0.05) is 10.9 Å². The number of halogens is 3. The van der Waals surface area contributed by atoms with E-state index >= 15 is 0 Å². The van der Waals surface area contributed by atoms with Crippen LogP contribution in [0.5, 0.6) is 5.75 Å². The number of hydrogen-bond donors (Lipinski definition) is 0. The summed E-state index contributed by atoms with van der Waals surface area (Å²) in [5.41, 5.74) is 0.750. The van der Waals surface area contributed by atoms with Crippen molar-refractivity contribution in [3.05, 3.63) is 63.3 Å². The van der Waals surface area contributed by atoms with Gasteiger partial charge in [0.05, 0.1) is 5.02 Å². The molecule has 0 aromatic heterocycles. The van der Waals surface area contributed by atoms with Crippen LogP contribution in [0.15, 0.2) is 46.9 Å². The zero-order valence-corrected chi connectivity index (χ0v) is 12.7. The Hall–Kier alpha value is -1.39. The van der Waals surface area contributed by atoms with Crippen LogP contribution in [0.3, 0.4) is 0 Å². The van der Waals surface area contributed by atoms with Crippen LogP contribution >= 0.6 is 27.5 Å². The van der Waals surface area contributed by atoms with Crippen LogP contribution in [0.25, 0.3) is 0 Å². The third-order valence-electron chi connectivity index (χ3n) is 2.60. The van der Waals surface area contributed by atoms with Crippen molar-refractivity contribution in [1.29, 1.82) is 0 Å². The summed E-state index contributed by atoms with van der Waals surface area (Å²) in [6, 6.07) is 11.0. The molecule has 0 fully saturated rings. The lowest BCUT2D eigenvalue weighted by Crippen LogP contribution is -2.14. The molecule has 0 saturated carbocycles. The van der Waals surface area contributed by atoms with Gasteiger partial charge in [0.2, 0.25) is 0 Å². The fraction of sp³-hybridized carbons (Fsp3) is 0.133. The summed E-state index contributed by atoms with van der Waals surface area (Å²) < 4.78 is 19.0. The van der Waals surface area contributed by atoms with Crippen molar-refractivity contribution < 1.29 is 13.9 Å². The number of rotatable bonds is 5. The summed E-state index contributed by atoms with van der Waals surface area (Å²) in [5.74, 6) is 0.0273. The van der Waals surface area contributed by atoms with Gasteiger partial charge in [-0.3, -0.25) is 4.79 Å². The molecule has 0 bridgehead atoms. The Kier molecular flexibility index (Phi) is 5.15. The maximum Gasteiger partial charge on any atom is 0.174 e. The van der Waals surface area contributed by atoms with E-state index in [0.717, 1.165) is 10.0 Å². The van der Waals surface area contributed by atoms with E-state index in [1.54, 1.807) is 30.3 Å². The minimum Gasteiger partial charge on any atom is -0.484 e. The summed E-state index contributed by atoms with van der Waals surface area (Å²) in [5, 5.41) is 0.447. The minimum atomic E-state index is -0.321. The lowest BCUT2D eigenvalue weighted by Gasteiger charge is -2.08. The maximum absolute atomic E-state index is 12.7. The van der Waals surface area contributed by atoms with Crippen molar-refractivity contribution in [2.75, 3.05) is 6.61 Å². The maximum atomic E-state index is 12.7. The van der Waals surface area contributed by atoms with Crippen molar-refractivity contribution in [2.45, 2.75) is 6.42 Å². The Balaban J connectivity index is 1.92. The molecule has 2 aromatic rings. The van der Waals surface area contributed by atoms with Crippen molar-refractivity contribution in [3.8, 4) is 5.75 Å². The standard InChI is InChI=1S/C15H11BrClFO2/c16-11-3-6-14(17)15(8-11)20-9-13(19)7-10-1-4-12(18)5-2-10/h1-6,8H,7,9H2. The first kappa shape index (κ1) is 15.0. The Morgan fingerprint density at radius 3 is 2.60 bits per heavy atom. The summed E-state index contributed by atoms with van der Waals surface area (Å²) in [6.07, 6.45) is 0.200.